The van der Waals surface area contributed by atoms with Gasteiger partial charge in [-0.3, -0.25) is 9.78 Å². The van der Waals surface area contributed by atoms with E-state index in [1.54, 1.807) is 0 Å². The van der Waals surface area contributed by atoms with Gasteiger partial charge in [-0.25, -0.2) is 4.68 Å². The van der Waals surface area contributed by atoms with Crippen LogP contribution < -0.4 is 5.56 Å². The van der Waals surface area contributed by atoms with Crippen molar-refractivity contribution in [3.05, 3.63) is 63.5 Å². The van der Waals surface area contributed by atoms with E-state index in [0.29, 0.717) is 11.1 Å². The van der Waals surface area contributed by atoms with Crippen molar-refractivity contribution in [2.24, 2.45) is 0 Å². The molecule has 0 aliphatic carbocycles. The summed E-state index contributed by atoms with van der Waals surface area (Å²) < 4.78 is 43.6. The minimum absolute atomic E-state index is 0.0237. The van der Waals surface area contributed by atoms with Crippen LogP contribution in [-0.4, -0.2) is 19.9 Å². The van der Waals surface area contributed by atoms with Gasteiger partial charge in [-0.1, -0.05) is 16.8 Å². The van der Waals surface area contributed by atoms with Crippen LogP contribution in [0.15, 0.2) is 46.2 Å². The van der Waals surface area contributed by atoms with Gasteiger partial charge in [0.2, 0.25) is 0 Å². The Balaban J connectivity index is 1.92. The van der Waals surface area contributed by atoms with E-state index in [1.165, 1.54) is 24.6 Å². The first-order chi connectivity index (χ1) is 11.3. The Morgan fingerprint density at radius 2 is 2.04 bits per heavy atom. The van der Waals surface area contributed by atoms with Crippen LogP contribution >= 0.6 is 11.6 Å². The van der Waals surface area contributed by atoms with E-state index < -0.39 is 17.4 Å². The normalized spacial score (nSPS) is 11.7. The van der Waals surface area contributed by atoms with Gasteiger partial charge in [-0.15, -0.1) is 0 Å². The van der Waals surface area contributed by atoms with Crippen molar-refractivity contribution in [1.82, 2.24) is 19.9 Å². The van der Waals surface area contributed by atoms with E-state index >= 15 is 0 Å². The molecule has 0 fully saturated rings. The first-order valence-electron chi connectivity index (χ1n) is 6.54. The van der Waals surface area contributed by atoms with E-state index in [-0.39, 0.29) is 17.3 Å². The van der Waals surface area contributed by atoms with Crippen LogP contribution in [0.5, 0.6) is 0 Å². The van der Waals surface area contributed by atoms with Crippen LogP contribution in [0.1, 0.15) is 11.3 Å². The smallest absolute Gasteiger partial charge is 0.364 e. The molecule has 0 bridgehead atoms. The van der Waals surface area contributed by atoms with E-state index in [1.807, 2.05) is 0 Å². The molecule has 0 atom stereocenters. The zero-order valence-electron chi connectivity index (χ0n) is 11.8. The van der Waals surface area contributed by atoms with Crippen LogP contribution in [0.4, 0.5) is 13.2 Å². The van der Waals surface area contributed by atoms with Crippen LogP contribution in [-0.2, 0) is 12.7 Å². The molecule has 0 aliphatic heterocycles. The second kappa shape index (κ2) is 6.08. The van der Waals surface area contributed by atoms with Crippen molar-refractivity contribution in [2.45, 2.75) is 12.7 Å². The molecule has 0 aliphatic rings. The second-order valence-corrected chi connectivity index (χ2v) is 5.22. The first kappa shape index (κ1) is 16.2. The second-order valence-electron chi connectivity index (χ2n) is 4.79. The van der Waals surface area contributed by atoms with Crippen molar-refractivity contribution in [3.8, 4) is 11.3 Å². The van der Waals surface area contributed by atoms with Gasteiger partial charge in [0.25, 0.3) is 5.56 Å². The van der Waals surface area contributed by atoms with Crippen LogP contribution in [0.2, 0.25) is 5.02 Å². The Labute approximate surface area is 137 Å². The van der Waals surface area contributed by atoms with Gasteiger partial charge in [0.1, 0.15) is 17.7 Å². The number of hydrogen-bond donors (Lipinski definition) is 0. The fraction of sp³-hybridized carbons (Fsp3) is 0.143. The number of rotatable bonds is 3. The first-order valence-corrected chi connectivity index (χ1v) is 6.92. The monoisotopic (exact) mass is 356 g/mol. The molecule has 0 amide bonds. The van der Waals surface area contributed by atoms with Gasteiger partial charge in [0.15, 0.2) is 0 Å². The Morgan fingerprint density at radius 1 is 1.25 bits per heavy atom. The van der Waals surface area contributed by atoms with E-state index in [0.717, 1.165) is 16.9 Å². The molecule has 3 rings (SSSR count). The fourth-order valence-corrected chi connectivity index (χ4v) is 2.14. The van der Waals surface area contributed by atoms with Crippen molar-refractivity contribution < 1.29 is 17.7 Å². The van der Waals surface area contributed by atoms with Crippen molar-refractivity contribution >= 4 is 11.6 Å². The van der Waals surface area contributed by atoms with Gasteiger partial charge < -0.3 is 4.52 Å². The predicted octanol–water partition coefficient (Wildman–Crippen LogP) is 3.01. The molecule has 24 heavy (non-hydrogen) atoms. The van der Waals surface area contributed by atoms with Gasteiger partial charge in [0, 0.05) is 23.4 Å². The predicted molar refractivity (Wildman–Crippen MR) is 77.3 cm³/mol. The summed E-state index contributed by atoms with van der Waals surface area (Å²) in [6, 6.07) is 3.27. The highest BCUT2D eigenvalue weighted by Crippen LogP contribution is 2.29. The summed E-state index contributed by atoms with van der Waals surface area (Å²) in [7, 11) is 0. The maximum absolute atomic E-state index is 12.6. The largest absolute Gasteiger partial charge is 0.433 e. The molecule has 0 unspecified atom stereocenters. The molecule has 3 aromatic heterocycles. The van der Waals surface area contributed by atoms with Crippen molar-refractivity contribution in [2.75, 3.05) is 0 Å². The van der Waals surface area contributed by atoms with E-state index in [4.69, 9.17) is 16.1 Å². The molecule has 124 valence electrons. The van der Waals surface area contributed by atoms with E-state index in [2.05, 4.69) is 15.2 Å². The number of hydrogen-bond acceptors (Lipinski definition) is 5. The molecule has 6 nitrogen and oxygen atoms in total. The number of alkyl halides is 3. The molecule has 0 N–H and O–H groups in total. The molecular formula is C14H8ClF3N4O2. The third-order valence-electron chi connectivity index (χ3n) is 3.13. The highest BCUT2D eigenvalue weighted by Gasteiger charge is 2.32. The minimum atomic E-state index is -4.52. The Hall–Kier alpha value is -2.68. The average molecular weight is 357 g/mol. The molecule has 10 heteroatoms. The third kappa shape index (κ3) is 3.30. The Morgan fingerprint density at radius 3 is 2.67 bits per heavy atom. The summed E-state index contributed by atoms with van der Waals surface area (Å²) in [5.74, 6) is 0. The average Bonchev–Trinajstić information content (AvgIpc) is 2.97. The summed E-state index contributed by atoms with van der Waals surface area (Å²) in [6.45, 7) is 0.0237. The quantitative estimate of drug-likeness (QED) is 0.721. The number of halogens is 4. The molecule has 0 aromatic carbocycles. The topological polar surface area (TPSA) is 73.8 Å². The highest BCUT2D eigenvalue weighted by atomic mass is 35.5. The highest BCUT2D eigenvalue weighted by molar-refractivity contribution is 6.30. The zero-order chi connectivity index (χ0) is 17.3. The maximum atomic E-state index is 12.6. The minimum Gasteiger partial charge on any atom is -0.364 e. The van der Waals surface area contributed by atoms with Crippen LogP contribution in [0, 0.1) is 0 Å². The summed E-state index contributed by atoms with van der Waals surface area (Å²) in [5.41, 5.74) is -0.366. The van der Waals surface area contributed by atoms with Gasteiger partial charge in [0.05, 0.1) is 17.8 Å². The Kier molecular flexibility index (Phi) is 4.10. The lowest BCUT2D eigenvalue weighted by Gasteiger charge is -2.06. The standard InChI is InChI=1S/C14H8ClF3N4O2/c15-10-3-12(23)22(20-5-10)6-9-7-24-21-13(9)8-1-2-11(19-4-8)14(16,17)18/h1-5,7H,6H2. The van der Waals surface area contributed by atoms with Crippen LogP contribution in [0.3, 0.4) is 0 Å². The summed E-state index contributed by atoms with van der Waals surface area (Å²) in [6.07, 6.45) is -0.889. The molecule has 0 saturated heterocycles. The molecule has 3 aromatic rings. The third-order valence-corrected chi connectivity index (χ3v) is 3.33. The molecule has 0 saturated carbocycles. The summed E-state index contributed by atoms with van der Waals surface area (Å²) in [4.78, 5) is 15.2. The summed E-state index contributed by atoms with van der Waals surface area (Å²) >= 11 is 5.67. The SMILES string of the molecule is O=c1cc(Cl)cnn1Cc1conc1-c1ccc(C(F)(F)F)nc1. The Bertz CT molecular complexity index is 919. The lowest BCUT2D eigenvalue weighted by Crippen LogP contribution is -2.22. The molecule has 0 radical (unpaired) electrons. The number of nitrogens with zero attached hydrogens (tertiary/aromatic N) is 4. The lowest BCUT2D eigenvalue weighted by molar-refractivity contribution is -0.141. The molecule has 0 spiro atoms. The maximum Gasteiger partial charge on any atom is 0.433 e. The number of aromatic nitrogens is 4. The van der Waals surface area contributed by atoms with Gasteiger partial charge in [-0.2, -0.15) is 18.3 Å². The van der Waals surface area contributed by atoms with E-state index in [9.17, 15) is 18.0 Å². The zero-order valence-corrected chi connectivity index (χ0v) is 12.5. The lowest BCUT2D eigenvalue weighted by atomic mass is 10.1. The van der Waals surface area contributed by atoms with Crippen molar-refractivity contribution in [3.63, 3.8) is 0 Å². The van der Waals surface area contributed by atoms with Gasteiger partial charge in [-0.05, 0) is 12.1 Å². The van der Waals surface area contributed by atoms with Crippen molar-refractivity contribution in [1.29, 1.82) is 0 Å². The number of pyridine rings is 1. The van der Waals surface area contributed by atoms with Crippen LogP contribution in [0.25, 0.3) is 11.3 Å². The molecule has 3 heterocycles. The summed E-state index contributed by atoms with van der Waals surface area (Å²) in [5, 5.41) is 7.83. The molecular weight excluding hydrogens is 349 g/mol. The fourth-order valence-electron chi connectivity index (χ4n) is 2.00. The van der Waals surface area contributed by atoms with Gasteiger partial charge >= 0.3 is 6.18 Å².